The van der Waals surface area contributed by atoms with Crippen LogP contribution < -0.4 is 0 Å². The highest BCUT2D eigenvalue weighted by Crippen LogP contribution is 2.45. The molecule has 0 atom stereocenters. The predicted octanol–water partition coefficient (Wildman–Crippen LogP) is 10.8. The Kier molecular flexibility index (Phi) is 2.63. The molecular formula is C38H24. The quantitative estimate of drug-likeness (QED) is 0.166. The van der Waals surface area contributed by atoms with E-state index in [4.69, 9.17) is 12.3 Å². The van der Waals surface area contributed by atoms with Gasteiger partial charge in [0.25, 0.3) is 0 Å². The molecule has 0 bridgehead atoms. The van der Waals surface area contributed by atoms with Gasteiger partial charge in [-0.3, -0.25) is 0 Å². The second kappa shape index (κ2) is 8.30. The average molecular weight is 494 g/mol. The predicted molar refractivity (Wildman–Crippen MR) is 165 cm³/mol. The van der Waals surface area contributed by atoms with Gasteiger partial charge in [0.15, 0.2) is 0 Å². The Morgan fingerprint density at radius 3 is 1.66 bits per heavy atom. The Morgan fingerprint density at radius 1 is 0.368 bits per heavy atom. The lowest BCUT2D eigenvalue weighted by Crippen LogP contribution is -1.91. The van der Waals surface area contributed by atoms with Crippen molar-refractivity contribution in [1.29, 1.82) is 0 Å². The molecule has 0 spiro atoms. The van der Waals surface area contributed by atoms with Gasteiger partial charge in [-0.05, 0) is 88.2 Å². The SMILES string of the molecule is [2H]c1c([2H])c([2H])c(-c2c3c([2H])c([2H])c([2H])c([2H])c3c(-c3cccc4c3ccc3cc5ccccc5cc34)c3c([2H])c([2H])c([2H])c([2H])c23)c([2H])c1[2H]. The van der Waals surface area contributed by atoms with Crippen LogP contribution in [-0.2, 0) is 0 Å². The smallest absolute Gasteiger partial charge is 0.0622 e. The van der Waals surface area contributed by atoms with E-state index in [1.807, 2.05) is 42.5 Å². The molecule has 0 unspecified atom stereocenters. The molecule has 0 fully saturated rings. The lowest BCUT2D eigenvalue weighted by molar-refractivity contribution is 1.66. The molecule has 38 heavy (non-hydrogen) atoms. The van der Waals surface area contributed by atoms with Gasteiger partial charge in [0, 0.05) is 0 Å². The summed E-state index contributed by atoms with van der Waals surface area (Å²) in [6, 6.07) is 13.2. The molecule has 0 radical (unpaired) electrons. The molecule has 0 heterocycles. The lowest BCUT2D eigenvalue weighted by atomic mass is 9.84. The topological polar surface area (TPSA) is 0 Å². The van der Waals surface area contributed by atoms with Gasteiger partial charge in [-0.15, -0.1) is 0 Å². The first-order valence-corrected chi connectivity index (χ1v) is 12.1. The summed E-state index contributed by atoms with van der Waals surface area (Å²) in [6.07, 6.45) is 0. The van der Waals surface area contributed by atoms with E-state index in [1.165, 1.54) is 0 Å². The summed E-state index contributed by atoms with van der Waals surface area (Å²) < 4.78 is 114. The summed E-state index contributed by atoms with van der Waals surface area (Å²) >= 11 is 0. The minimum absolute atomic E-state index is 0.105. The Labute approximate surface area is 239 Å². The van der Waals surface area contributed by atoms with Gasteiger partial charge in [-0.2, -0.15) is 0 Å². The van der Waals surface area contributed by atoms with E-state index >= 15 is 0 Å². The van der Waals surface area contributed by atoms with Gasteiger partial charge < -0.3 is 0 Å². The van der Waals surface area contributed by atoms with Crippen LogP contribution in [0.4, 0.5) is 0 Å². The first-order chi connectivity index (χ1) is 24.3. The van der Waals surface area contributed by atoms with E-state index in [2.05, 4.69) is 12.1 Å². The summed E-state index contributed by atoms with van der Waals surface area (Å²) in [5, 5.41) is 4.70. The van der Waals surface area contributed by atoms with E-state index in [9.17, 15) is 5.48 Å². The van der Waals surface area contributed by atoms with Crippen LogP contribution in [0.3, 0.4) is 0 Å². The summed E-state index contributed by atoms with van der Waals surface area (Å²) in [4.78, 5) is 0. The van der Waals surface area contributed by atoms with E-state index in [1.54, 1.807) is 12.1 Å². The lowest BCUT2D eigenvalue weighted by Gasteiger charge is -2.19. The second-order valence-corrected chi connectivity index (χ2v) is 9.14. The van der Waals surface area contributed by atoms with E-state index < -0.39 is 84.1 Å². The van der Waals surface area contributed by atoms with Crippen molar-refractivity contribution in [3.05, 3.63) is 145 Å². The van der Waals surface area contributed by atoms with Crippen molar-refractivity contribution < 1.29 is 17.8 Å². The second-order valence-electron chi connectivity index (χ2n) is 9.14. The van der Waals surface area contributed by atoms with Crippen LogP contribution in [-0.4, -0.2) is 0 Å². The maximum Gasteiger partial charge on any atom is 0.0629 e. The van der Waals surface area contributed by atoms with Gasteiger partial charge >= 0.3 is 0 Å². The highest BCUT2D eigenvalue weighted by Gasteiger charge is 2.18. The Bertz CT molecular complexity index is 2790. The molecule has 0 saturated heterocycles. The van der Waals surface area contributed by atoms with Crippen molar-refractivity contribution in [3.8, 4) is 22.3 Å². The minimum atomic E-state index is -0.702. The fourth-order valence-electron chi connectivity index (χ4n) is 5.52. The molecule has 8 aromatic carbocycles. The van der Waals surface area contributed by atoms with Crippen molar-refractivity contribution in [2.75, 3.05) is 0 Å². The van der Waals surface area contributed by atoms with Crippen LogP contribution in [0.2, 0.25) is 0 Å². The molecule has 0 N–H and O–H groups in total. The largest absolute Gasteiger partial charge is 0.0629 e. The molecule has 0 aliphatic rings. The standard InChI is InChI=1S/C38H24/c1-2-11-25(12-3-1)37-32-15-6-8-17-34(32)38(35-18-9-7-16-33(35)37)31-20-10-19-29-30(31)22-21-28-23-26-13-4-5-14-27(26)24-36(28)29/h1-24H/i1D,2D,3D,6D,7D,8D,9D,11D,12D,15D,16D,17D,18D. The van der Waals surface area contributed by atoms with Crippen molar-refractivity contribution >= 4 is 53.9 Å². The zero-order valence-electron chi connectivity index (χ0n) is 32.9. The van der Waals surface area contributed by atoms with Gasteiger partial charge in [0.2, 0.25) is 0 Å². The molecule has 0 aliphatic heterocycles. The maximum atomic E-state index is 9.25. The van der Waals surface area contributed by atoms with Crippen LogP contribution in [0.15, 0.2) is 145 Å². The van der Waals surface area contributed by atoms with Gasteiger partial charge in [-0.1, -0.05) is 133 Å². The average Bonchev–Trinajstić information content (AvgIpc) is 3.14. The first-order valence-electron chi connectivity index (χ1n) is 18.6. The number of hydrogen-bond donors (Lipinski definition) is 0. The van der Waals surface area contributed by atoms with E-state index in [-0.39, 0.29) is 32.7 Å². The van der Waals surface area contributed by atoms with Crippen molar-refractivity contribution in [2.45, 2.75) is 0 Å². The molecule has 0 aromatic heterocycles. The van der Waals surface area contributed by atoms with Gasteiger partial charge in [-0.25, -0.2) is 0 Å². The molecule has 0 heteroatoms. The third kappa shape index (κ3) is 3.11. The number of hydrogen-bond acceptors (Lipinski definition) is 0. The molecule has 176 valence electrons. The molecule has 0 aliphatic carbocycles. The summed E-state index contributed by atoms with van der Waals surface area (Å²) in [6.45, 7) is 0. The molecule has 0 amide bonds. The first kappa shape index (κ1) is 12.1. The van der Waals surface area contributed by atoms with Crippen LogP contribution in [0.1, 0.15) is 17.8 Å². The normalized spacial score (nSPS) is 16.5. The number of fused-ring (bicyclic) bond motifs is 6. The number of benzene rings is 8. The Hall–Kier alpha value is -4.94. The zero-order chi connectivity index (χ0) is 36.4. The fraction of sp³-hybridized carbons (Fsp3) is 0. The molecular weight excluding hydrogens is 456 g/mol. The Balaban J connectivity index is 1.69. The Morgan fingerprint density at radius 2 is 0.974 bits per heavy atom. The molecule has 8 aromatic rings. The van der Waals surface area contributed by atoms with Crippen molar-refractivity contribution in [3.63, 3.8) is 0 Å². The third-order valence-corrected chi connectivity index (χ3v) is 7.14. The molecule has 0 saturated carbocycles. The summed E-state index contributed by atoms with van der Waals surface area (Å²) in [5.74, 6) is 0. The van der Waals surface area contributed by atoms with Crippen LogP contribution in [0.25, 0.3) is 76.1 Å². The van der Waals surface area contributed by atoms with Crippen LogP contribution >= 0.6 is 0 Å². The highest BCUT2D eigenvalue weighted by atomic mass is 14.2. The molecule has 0 nitrogen and oxygen atoms in total. The monoisotopic (exact) mass is 493 g/mol. The highest BCUT2D eigenvalue weighted by molar-refractivity contribution is 6.25. The number of rotatable bonds is 2. The summed E-state index contributed by atoms with van der Waals surface area (Å²) in [7, 11) is 0. The van der Waals surface area contributed by atoms with Crippen molar-refractivity contribution in [2.24, 2.45) is 0 Å². The third-order valence-electron chi connectivity index (χ3n) is 7.14. The fourth-order valence-corrected chi connectivity index (χ4v) is 5.52. The zero-order valence-corrected chi connectivity index (χ0v) is 19.9. The summed E-state index contributed by atoms with van der Waals surface area (Å²) in [5.41, 5.74) is -0.189. The van der Waals surface area contributed by atoms with E-state index in [0.717, 1.165) is 26.9 Å². The van der Waals surface area contributed by atoms with Crippen molar-refractivity contribution in [1.82, 2.24) is 0 Å². The van der Waals surface area contributed by atoms with E-state index in [0.29, 0.717) is 10.9 Å². The van der Waals surface area contributed by atoms with Crippen LogP contribution in [0, 0.1) is 0 Å². The van der Waals surface area contributed by atoms with Crippen LogP contribution in [0.5, 0.6) is 0 Å². The van der Waals surface area contributed by atoms with Gasteiger partial charge in [0.05, 0.1) is 17.8 Å². The molecule has 8 rings (SSSR count). The maximum absolute atomic E-state index is 9.25. The minimum Gasteiger partial charge on any atom is -0.0622 e. The van der Waals surface area contributed by atoms with Gasteiger partial charge in [0.1, 0.15) is 0 Å².